The van der Waals surface area contributed by atoms with Crippen LogP contribution < -0.4 is 5.32 Å². The van der Waals surface area contributed by atoms with Crippen LogP contribution in [0.1, 0.15) is 175 Å². The Morgan fingerprint density at radius 1 is 0.482 bits per heavy atom. The van der Waals surface area contributed by atoms with Crippen molar-refractivity contribution in [3.8, 4) is 0 Å². The molecule has 0 spiro atoms. The Morgan fingerprint density at radius 2 is 0.911 bits per heavy atom. The van der Waals surface area contributed by atoms with Crippen LogP contribution in [-0.2, 0) is 52.4 Å². The van der Waals surface area contributed by atoms with Gasteiger partial charge in [0.05, 0.1) is 45.2 Å². The fourth-order valence-corrected chi connectivity index (χ4v) is 5.96. The molecule has 1 atom stereocenters. The largest absolute Gasteiger partial charge is 0.497 e. The molecule has 1 unspecified atom stereocenters. The molecule has 0 aliphatic heterocycles. The lowest BCUT2D eigenvalue weighted by Gasteiger charge is -2.19. The monoisotopic (exact) mass is 798 g/mol. The van der Waals surface area contributed by atoms with Crippen molar-refractivity contribution in [3.05, 3.63) is 12.3 Å². The van der Waals surface area contributed by atoms with Crippen molar-refractivity contribution in [1.82, 2.24) is 5.32 Å². The van der Waals surface area contributed by atoms with Crippen LogP contribution in [0.25, 0.3) is 0 Å². The van der Waals surface area contributed by atoms with Crippen molar-refractivity contribution in [2.75, 3.05) is 52.7 Å². The molecule has 0 radical (unpaired) electrons. The number of unbranched alkanes of at least 4 members (excludes halogenated alkanes) is 15. The number of esters is 4. The zero-order valence-corrected chi connectivity index (χ0v) is 35.6. The molecule has 0 aromatic carbocycles. The highest BCUT2D eigenvalue weighted by atomic mass is 16.6. The maximum absolute atomic E-state index is 12.4. The summed E-state index contributed by atoms with van der Waals surface area (Å²) in [6, 6.07) is 0. The molecule has 0 saturated carbocycles. The van der Waals surface area contributed by atoms with Crippen molar-refractivity contribution >= 4 is 30.3 Å². The third-order valence-corrected chi connectivity index (χ3v) is 9.36. The van der Waals surface area contributed by atoms with Crippen LogP contribution in [0.15, 0.2) is 12.3 Å². The maximum Gasteiger partial charge on any atom is 0.306 e. The third kappa shape index (κ3) is 36.5. The number of allylic oxidation sites excluding steroid dienone is 1. The molecule has 0 bridgehead atoms. The van der Waals surface area contributed by atoms with E-state index in [-0.39, 0.29) is 63.3 Å². The number of hydrogen-bond acceptors (Lipinski definition) is 12. The van der Waals surface area contributed by atoms with Gasteiger partial charge in [-0.25, -0.2) is 0 Å². The van der Waals surface area contributed by atoms with Gasteiger partial charge in [0.15, 0.2) is 0 Å². The van der Waals surface area contributed by atoms with E-state index in [1.54, 1.807) is 0 Å². The van der Waals surface area contributed by atoms with Crippen LogP contribution in [0.5, 0.6) is 0 Å². The molecule has 0 aromatic heterocycles. The topological polar surface area (TPSA) is 153 Å². The zero-order valence-electron chi connectivity index (χ0n) is 35.6. The molecule has 0 aliphatic carbocycles. The molecule has 0 aromatic rings. The van der Waals surface area contributed by atoms with Crippen molar-refractivity contribution in [2.45, 2.75) is 175 Å². The van der Waals surface area contributed by atoms with E-state index in [4.69, 9.17) is 28.4 Å². The standard InChI is InChI=1S/C44H79NO11/c1-5-8-11-14-17-20-24-41(47)54-34-39(35-55-42(48)25-21-18-15-12-9-6-2)31-38(4)52-30-28-45-27-23-29-53-44(50)32-40(33-51-37-46)36-56-43(49)26-22-19-16-13-10-7-3/h37,39-40,45H,4-36H2,1-3H3. The van der Waals surface area contributed by atoms with Crippen LogP contribution in [0.3, 0.4) is 0 Å². The predicted molar refractivity (Wildman–Crippen MR) is 219 cm³/mol. The highest BCUT2D eigenvalue weighted by molar-refractivity contribution is 5.71. The number of carbonyl (C=O) groups excluding carboxylic acids is 5. The second kappa shape index (κ2) is 40.1. The Labute approximate surface area is 339 Å². The fourth-order valence-electron chi connectivity index (χ4n) is 5.96. The second-order valence-electron chi connectivity index (χ2n) is 14.9. The molecule has 1 N–H and O–H groups in total. The Morgan fingerprint density at radius 3 is 1.36 bits per heavy atom. The average Bonchev–Trinajstić information content (AvgIpc) is 3.18. The molecule has 0 heterocycles. The normalized spacial score (nSPS) is 11.5. The van der Waals surface area contributed by atoms with Crippen molar-refractivity contribution in [3.63, 3.8) is 0 Å². The lowest BCUT2D eigenvalue weighted by molar-refractivity contribution is -0.152. The van der Waals surface area contributed by atoms with E-state index in [2.05, 4.69) is 32.7 Å². The molecular weight excluding hydrogens is 718 g/mol. The lowest BCUT2D eigenvalue weighted by Crippen LogP contribution is -2.25. The highest BCUT2D eigenvalue weighted by Gasteiger charge is 2.19. The minimum Gasteiger partial charge on any atom is -0.497 e. The van der Waals surface area contributed by atoms with E-state index in [9.17, 15) is 24.0 Å². The first kappa shape index (κ1) is 52.9. The Kier molecular flexibility index (Phi) is 37.8. The summed E-state index contributed by atoms with van der Waals surface area (Å²) in [5, 5.41) is 3.24. The van der Waals surface area contributed by atoms with Gasteiger partial charge in [-0.3, -0.25) is 24.0 Å². The fraction of sp³-hybridized carbons (Fsp3) is 0.841. The molecule has 56 heavy (non-hydrogen) atoms. The van der Waals surface area contributed by atoms with E-state index in [1.807, 2.05) is 0 Å². The van der Waals surface area contributed by atoms with Gasteiger partial charge in [0.2, 0.25) is 0 Å². The summed E-state index contributed by atoms with van der Waals surface area (Å²) in [7, 11) is 0. The van der Waals surface area contributed by atoms with Crippen LogP contribution in [0.4, 0.5) is 0 Å². The number of hydrogen-bond donors (Lipinski definition) is 1. The number of rotatable bonds is 42. The highest BCUT2D eigenvalue weighted by Crippen LogP contribution is 2.16. The summed E-state index contributed by atoms with van der Waals surface area (Å²) >= 11 is 0. The first-order chi connectivity index (χ1) is 27.2. The Bertz CT molecular complexity index is 973. The predicted octanol–water partition coefficient (Wildman–Crippen LogP) is 9.11. The van der Waals surface area contributed by atoms with Crippen LogP contribution in [0, 0.1) is 11.8 Å². The average molecular weight is 798 g/mol. The summed E-state index contributed by atoms with van der Waals surface area (Å²) in [4.78, 5) is 60.0. The van der Waals surface area contributed by atoms with Gasteiger partial charge in [-0.15, -0.1) is 0 Å². The van der Waals surface area contributed by atoms with Gasteiger partial charge in [-0.1, -0.05) is 124 Å². The molecule has 0 aliphatic rings. The SMILES string of the molecule is C=C(CC(COC(=O)CCCCCCCC)COC(=O)CCCCCCCC)OCCNCCCOC(=O)CC(COC=O)COC(=O)CCCCCCCC. The molecule has 0 rings (SSSR count). The first-order valence-corrected chi connectivity index (χ1v) is 21.9. The molecule has 0 fully saturated rings. The number of ether oxygens (including phenoxy) is 6. The van der Waals surface area contributed by atoms with Gasteiger partial charge < -0.3 is 33.7 Å². The number of nitrogens with one attached hydrogen (secondary N) is 1. The van der Waals surface area contributed by atoms with Crippen molar-refractivity contribution in [1.29, 1.82) is 0 Å². The Balaban J connectivity index is 4.45. The maximum atomic E-state index is 12.4. The number of carbonyl (C=O) groups is 5. The first-order valence-electron chi connectivity index (χ1n) is 21.9. The molecule has 326 valence electrons. The van der Waals surface area contributed by atoms with E-state index in [0.717, 1.165) is 57.8 Å². The minimum atomic E-state index is -0.474. The van der Waals surface area contributed by atoms with Gasteiger partial charge in [-0.2, -0.15) is 0 Å². The third-order valence-electron chi connectivity index (χ3n) is 9.36. The van der Waals surface area contributed by atoms with Gasteiger partial charge >= 0.3 is 23.9 Å². The smallest absolute Gasteiger partial charge is 0.306 e. The molecule has 0 amide bonds. The summed E-state index contributed by atoms with van der Waals surface area (Å²) in [5.74, 6) is -1.46. The summed E-state index contributed by atoms with van der Waals surface area (Å²) < 4.78 is 32.5. The van der Waals surface area contributed by atoms with Crippen molar-refractivity contribution in [2.24, 2.45) is 11.8 Å². The summed E-state index contributed by atoms with van der Waals surface area (Å²) in [6.45, 7) is 12.8. The van der Waals surface area contributed by atoms with E-state index < -0.39 is 11.9 Å². The molecule has 0 saturated heterocycles. The van der Waals surface area contributed by atoms with Gasteiger partial charge in [0, 0.05) is 44.1 Å². The van der Waals surface area contributed by atoms with Crippen molar-refractivity contribution < 1.29 is 52.4 Å². The molecular formula is C44H79NO11. The molecule has 12 heteroatoms. The summed E-state index contributed by atoms with van der Waals surface area (Å²) in [5.41, 5.74) is 0. The van der Waals surface area contributed by atoms with Gasteiger partial charge in [-0.05, 0) is 32.2 Å². The molecule has 12 nitrogen and oxygen atoms in total. The van der Waals surface area contributed by atoms with E-state index in [1.165, 1.54) is 57.8 Å². The van der Waals surface area contributed by atoms with Crippen LogP contribution >= 0.6 is 0 Å². The van der Waals surface area contributed by atoms with Gasteiger partial charge in [0.1, 0.15) is 6.61 Å². The Hall–Kier alpha value is -3.15. The quantitative estimate of drug-likeness (QED) is 0.0206. The van der Waals surface area contributed by atoms with E-state index in [0.29, 0.717) is 64.0 Å². The minimum absolute atomic E-state index is 0.0139. The lowest BCUT2D eigenvalue weighted by atomic mass is 10.1. The van der Waals surface area contributed by atoms with Gasteiger partial charge in [0.25, 0.3) is 6.47 Å². The summed E-state index contributed by atoms with van der Waals surface area (Å²) in [6.07, 6.45) is 21.5. The van der Waals surface area contributed by atoms with Crippen LogP contribution in [0.2, 0.25) is 0 Å². The zero-order chi connectivity index (χ0) is 41.3. The van der Waals surface area contributed by atoms with Crippen LogP contribution in [-0.4, -0.2) is 83.1 Å². The van der Waals surface area contributed by atoms with E-state index >= 15 is 0 Å². The second-order valence-corrected chi connectivity index (χ2v) is 14.9.